The van der Waals surface area contributed by atoms with Crippen LogP contribution in [0.1, 0.15) is 34.6 Å². The molecule has 3 heterocycles. The third kappa shape index (κ3) is 4.44. The van der Waals surface area contributed by atoms with Crippen LogP contribution in [-0.2, 0) is 0 Å². The van der Waals surface area contributed by atoms with Crippen molar-refractivity contribution in [1.29, 1.82) is 0 Å². The van der Waals surface area contributed by atoms with Gasteiger partial charge in [0.15, 0.2) is 0 Å². The number of carbonyl (C=O) groups excluding carboxylic acids is 1. The largest absolute Gasteiger partial charge is 0.366 e. The lowest BCUT2D eigenvalue weighted by molar-refractivity contribution is 0.219. The lowest BCUT2D eigenvalue weighted by Crippen LogP contribution is -2.40. The second kappa shape index (κ2) is 9.09. The monoisotopic (exact) mass is 469 g/mol. The number of nitrogens with one attached hydrogen (secondary N) is 2. The van der Waals surface area contributed by atoms with Crippen molar-refractivity contribution in [3.8, 4) is 0 Å². The Morgan fingerprint density at radius 1 is 1.12 bits per heavy atom. The smallest absolute Gasteiger partial charge is 0.326 e. The maximum absolute atomic E-state index is 12.9. The first kappa shape index (κ1) is 23.2. The molecule has 9 heteroatoms. The van der Waals surface area contributed by atoms with E-state index >= 15 is 0 Å². The van der Waals surface area contributed by atoms with Crippen LogP contribution in [0.4, 0.5) is 22.2 Å². The van der Waals surface area contributed by atoms with Gasteiger partial charge in [0, 0.05) is 30.2 Å². The van der Waals surface area contributed by atoms with E-state index in [1.165, 1.54) is 0 Å². The number of hydrogen-bond donors (Lipinski definition) is 2. The van der Waals surface area contributed by atoms with Gasteiger partial charge >= 0.3 is 6.03 Å². The van der Waals surface area contributed by atoms with Gasteiger partial charge in [-0.3, -0.25) is 4.90 Å². The van der Waals surface area contributed by atoms with E-state index < -0.39 is 0 Å². The van der Waals surface area contributed by atoms with Gasteiger partial charge < -0.3 is 20.4 Å². The molecule has 2 N–H and O–H groups in total. The van der Waals surface area contributed by atoms with Crippen LogP contribution < -0.4 is 20.4 Å². The Morgan fingerprint density at radius 3 is 2.48 bits per heavy atom. The van der Waals surface area contributed by atoms with Gasteiger partial charge in [0.2, 0.25) is 5.95 Å². The molecule has 4 rings (SSSR count). The molecule has 1 saturated heterocycles. The molecule has 4 atom stereocenters. The molecule has 0 radical (unpaired) electrons. The molecule has 8 nitrogen and oxygen atoms in total. The van der Waals surface area contributed by atoms with Crippen molar-refractivity contribution in [3.63, 3.8) is 0 Å². The molecule has 0 bridgehead atoms. The van der Waals surface area contributed by atoms with Crippen molar-refractivity contribution in [2.45, 2.75) is 58.9 Å². The van der Waals surface area contributed by atoms with Crippen LogP contribution in [0.3, 0.4) is 0 Å². The van der Waals surface area contributed by atoms with Crippen molar-refractivity contribution in [1.82, 2.24) is 20.2 Å². The van der Waals surface area contributed by atoms with Crippen molar-refractivity contribution in [3.05, 3.63) is 53.4 Å². The van der Waals surface area contributed by atoms with Crippen LogP contribution in [0, 0.1) is 5.92 Å². The van der Waals surface area contributed by atoms with Gasteiger partial charge in [0.1, 0.15) is 12.0 Å². The summed E-state index contributed by atoms with van der Waals surface area (Å²) < 4.78 is 0. The summed E-state index contributed by atoms with van der Waals surface area (Å²) in [5.74, 6) is 1.40. The highest BCUT2D eigenvalue weighted by Gasteiger charge is 2.44. The molecule has 0 spiro atoms. The lowest BCUT2D eigenvalue weighted by atomic mass is 9.97. The van der Waals surface area contributed by atoms with Gasteiger partial charge in [0.25, 0.3) is 0 Å². The molecule has 1 aromatic carbocycles. The Bertz CT molecular complexity index is 1040. The Labute approximate surface area is 200 Å². The molecule has 0 aliphatic carbocycles. The highest BCUT2D eigenvalue weighted by Crippen LogP contribution is 2.31. The van der Waals surface area contributed by atoms with Crippen molar-refractivity contribution >= 4 is 35.1 Å². The van der Waals surface area contributed by atoms with E-state index in [1.807, 2.05) is 31.3 Å². The first-order chi connectivity index (χ1) is 15.7. The lowest BCUT2D eigenvalue weighted by Gasteiger charge is -2.28. The molecule has 2 aliphatic heterocycles. The highest BCUT2D eigenvalue weighted by atomic mass is 35.5. The van der Waals surface area contributed by atoms with Crippen molar-refractivity contribution < 1.29 is 4.79 Å². The number of rotatable bonds is 6. The molecule has 2 amide bonds. The average Bonchev–Trinajstić information content (AvgIpc) is 3.27. The summed E-state index contributed by atoms with van der Waals surface area (Å²) in [6, 6.07) is 9.64. The number of urea groups is 1. The van der Waals surface area contributed by atoms with Crippen LogP contribution in [-0.4, -0.2) is 52.2 Å². The number of nitrogens with zero attached hydrogens (tertiary/aromatic N) is 5. The van der Waals surface area contributed by atoms with Crippen LogP contribution >= 0.6 is 11.6 Å². The van der Waals surface area contributed by atoms with Gasteiger partial charge in [0.05, 0.1) is 23.8 Å². The van der Waals surface area contributed by atoms with Crippen molar-refractivity contribution in [2.75, 3.05) is 22.2 Å². The van der Waals surface area contributed by atoms with Crippen LogP contribution in [0.25, 0.3) is 0 Å². The first-order valence-electron chi connectivity index (χ1n) is 11.3. The third-order valence-electron chi connectivity index (χ3n) is 6.49. The Hall–Kier alpha value is -3.00. The second-order valence-corrected chi connectivity index (χ2v) is 9.57. The number of carbonyl (C=O) groups is 1. The zero-order valence-electron chi connectivity index (χ0n) is 20.0. The molecular weight excluding hydrogens is 438 g/mol. The molecule has 1 unspecified atom stereocenters. The molecule has 2 aromatic rings. The topological polar surface area (TPSA) is 76.6 Å². The molecule has 2 aliphatic rings. The highest BCUT2D eigenvalue weighted by molar-refractivity contribution is 6.30. The summed E-state index contributed by atoms with van der Waals surface area (Å²) in [7, 11) is 1.84. The summed E-state index contributed by atoms with van der Waals surface area (Å²) in [6.07, 6.45) is 3.89. The fraction of sp³-hybridized carbons (Fsp3) is 0.458. The van der Waals surface area contributed by atoms with E-state index in [0.717, 1.165) is 11.4 Å². The number of amides is 2. The van der Waals surface area contributed by atoms with E-state index in [4.69, 9.17) is 16.6 Å². The summed E-state index contributed by atoms with van der Waals surface area (Å²) in [5.41, 5.74) is 2.09. The van der Waals surface area contributed by atoms with E-state index in [0.29, 0.717) is 22.7 Å². The third-order valence-corrected chi connectivity index (χ3v) is 6.74. The Balaban J connectivity index is 1.52. The fourth-order valence-corrected chi connectivity index (χ4v) is 4.73. The van der Waals surface area contributed by atoms with Crippen LogP contribution in [0.15, 0.2) is 48.4 Å². The van der Waals surface area contributed by atoms with E-state index in [1.54, 1.807) is 22.1 Å². The standard InChI is InChI=1S/C24H32ClN7O/c1-14(2)22-16(4)30(6)24(33)32(22)21-11-12-26-23(29-21)27-15(3)20-13-31(17(5)28-20)19-9-7-18(25)8-10-19/h7-17,22,28H,1-6H3,(H,26,27,29)/t15-,16-,17?,22-/m0/s1. The quantitative estimate of drug-likeness (QED) is 0.648. The minimum absolute atomic E-state index is 0.0357. The molecule has 0 saturated carbocycles. The van der Waals surface area contributed by atoms with Crippen LogP contribution in [0.5, 0.6) is 0 Å². The second-order valence-electron chi connectivity index (χ2n) is 9.13. The van der Waals surface area contributed by atoms with E-state index in [-0.39, 0.29) is 30.3 Å². The number of benzene rings is 1. The summed E-state index contributed by atoms with van der Waals surface area (Å²) >= 11 is 6.03. The van der Waals surface area contributed by atoms with Crippen molar-refractivity contribution in [2.24, 2.45) is 5.92 Å². The van der Waals surface area contributed by atoms with E-state index in [9.17, 15) is 4.79 Å². The Kier molecular flexibility index (Phi) is 6.38. The maximum atomic E-state index is 12.9. The normalized spacial score (nSPS) is 23.8. The number of likely N-dealkylation sites (N-methyl/N-ethyl adjacent to an activating group) is 1. The maximum Gasteiger partial charge on any atom is 0.326 e. The average molecular weight is 470 g/mol. The number of aromatic nitrogens is 2. The molecule has 1 aromatic heterocycles. The van der Waals surface area contributed by atoms with E-state index in [2.05, 4.69) is 61.3 Å². The summed E-state index contributed by atoms with van der Waals surface area (Å²) in [4.78, 5) is 27.8. The van der Waals surface area contributed by atoms with Gasteiger partial charge in [-0.15, -0.1) is 0 Å². The number of hydrogen-bond acceptors (Lipinski definition) is 6. The SMILES string of the molecule is CC(C)[C@H]1[C@H](C)N(C)C(=O)N1c1ccnc(N[C@@H](C)C2=CN(c3ccc(Cl)cc3)C(C)N2)n1. The minimum atomic E-state index is -0.0585. The van der Waals surface area contributed by atoms with Gasteiger partial charge in [-0.1, -0.05) is 25.4 Å². The predicted octanol–water partition coefficient (Wildman–Crippen LogP) is 4.51. The zero-order valence-corrected chi connectivity index (χ0v) is 20.7. The summed E-state index contributed by atoms with van der Waals surface area (Å²) in [5, 5.41) is 7.60. The number of halogens is 1. The van der Waals surface area contributed by atoms with Gasteiger partial charge in [-0.2, -0.15) is 4.98 Å². The fourth-order valence-electron chi connectivity index (χ4n) is 4.60. The molecular formula is C24H32ClN7O. The number of anilines is 3. The predicted molar refractivity (Wildman–Crippen MR) is 133 cm³/mol. The van der Waals surface area contributed by atoms with Crippen LogP contribution in [0.2, 0.25) is 5.02 Å². The molecule has 1 fully saturated rings. The molecule has 176 valence electrons. The minimum Gasteiger partial charge on any atom is -0.366 e. The first-order valence-corrected chi connectivity index (χ1v) is 11.7. The Morgan fingerprint density at radius 2 is 1.82 bits per heavy atom. The summed E-state index contributed by atoms with van der Waals surface area (Å²) in [6.45, 7) is 10.5. The molecule has 33 heavy (non-hydrogen) atoms. The van der Waals surface area contributed by atoms with Gasteiger partial charge in [-0.25, -0.2) is 9.78 Å². The van der Waals surface area contributed by atoms with Gasteiger partial charge in [-0.05, 0) is 57.0 Å². The zero-order chi connectivity index (χ0) is 23.9.